The SMILES string of the molecule is O=C(O)CC1CCCCN1c1ncnc2c1CCCC2. The summed E-state index contributed by atoms with van der Waals surface area (Å²) in [5.74, 6) is 0.283. The number of aromatic nitrogens is 2. The van der Waals surface area contributed by atoms with Gasteiger partial charge in [-0.25, -0.2) is 9.97 Å². The van der Waals surface area contributed by atoms with E-state index in [1.54, 1.807) is 6.33 Å². The standard InChI is InChI=1S/C15H21N3O2/c19-14(20)9-11-5-3-4-8-18(11)15-12-6-1-2-7-13(12)16-10-17-15/h10-11H,1-9H2,(H,19,20). The normalized spacial score (nSPS) is 22.4. The third kappa shape index (κ3) is 2.62. The number of anilines is 1. The fourth-order valence-corrected chi connectivity index (χ4v) is 3.44. The predicted octanol–water partition coefficient (Wildman–Crippen LogP) is 2.19. The molecule has 1 unspecified atom stereocenters. The Morgan fingerprint density at radius 2 is 2.10 bits per heavy atom. The number of hydrogen-bond acceptors (Lipinski definition) is 4. The van der Waals surface area contributed by atoms with Crippen LogP contribution in [0.3, 0.4) is 0 Å². The van der Waals surface area contributed by atoms with E-state index in [1.165, 1.54) is 24.1 Å². The Balaban J connectivity index is 1.91. The van der Waals surface area contributed by atoms with Gasteiger partial charge in [0.2, 0.25) is 0 Å². The zero-order valence-electron chi connectivity index (χ0n) is 11.7. The molecule has 0 radical (unpaired) electrons. The molecule has 1 saturated heterocycles. The van der Waals surface area contributed by atoms with E-state index in [1.807, 2.05) is 0 Å². The Morgan fingerprint density at radius 1 is 1.25 bits per heavy atom. The molecule has 0 spiro atoms. The summed E-state index contributed by atoms with van der Waals surface area (Å²) < 4.78 is 0. The van der Waals surface area contributed by atoms with E-state index in [9.17, 15) is 4.79 Å². The van der Waals surface area contributed by atoms with Crippen molar-refractivity contribution in [3.8, 4) is 0 Å². The molecule has 1 fully saturated rings. The number of aliphatic carboxylic acids is 1. The first-order valence-corrected chi connectivity index (χ1v) is 7.57. The van der Waals surface area contributed by atoms with Crippen molar-refractivity contribution >= 4 is 11.8 Å². The largest absolute Gasteiger partial charge is 0.481 e. The van der Waals surface area contributed by atoms with E-state index in [4.69, 9.17) is 5.11 Å². The van der Waals surface area contributed by atoms with Gasteiger partial charge in [0.05, 0.1) is 6.42 Å². The fraction of sp³-hybridized carbons (Fsp3) is 0.667. The second-order valence-corrected chi connectivity index (χ2v) is 5.77. The molecule has 1 aromatic rings. The summed E-state index contributed by atoms with van der Waals surface area (Å²) in [6, 6.07) is 0.0853. The average molecular weight is 275 g/mol. The summed E-state index contributed by atoms with van der Waals surface area (Å²) in [5, 5.41) is 9.11. The van der Waals surface area contributed by atoms with Gasteiger partial charge < -0.3 is 10.0 Å². The number of rotatable bonds is 3. The van der Waals surface area contributed by atoms with Gasteiger partial charge >= 0.3 is 5.97 Å². The second-order valence-electron chi connectivity index (χ2n) is 5.77. The lowest BCUT2D eigenvalue weighted by Gasteiger charge is -2.37. The summed E-state index contributed by atoms with van der Waals surface area (Å²) in [6.45, 7) is 0.918. The zero-order valence-corrected chi connectivity index (χ0v) is 11.7. The molecule has 2 heterocycles. The molecular formula is C15H21N3O2. The van der Waals surface area contributed by atoms with Crippen molar-refractivity contribution in [2.24, 2.45) is 0 Å². The monoisotopic (exact) mass is 275 g/mol. The highest BCUT2D eigenvalue weighted by Gasteiger charge is 2.28. The molecule has 108 valence electrons. The number of nitrogens with zero attached hydrogens (tertiary/aromatic N) is 3. The van der Waals surface area contributed by atoms with E-state index in [-0.39, 0.29) is 12.5 Å². The Hall–Kier alpha value is -1.65. The third-order valence-corrected chi connectivity index (χ3v) is 4.41. The number of piperidine rings is 1. The van der Waals surface area contributed by atoms with Crippen molar-refractivity contribution in [2.75, 3.05) is 11.4 Å². The molecule has 2 aliphatic rings. The maximum Gasteiger partial charge on any atom is 0.305 e. The molecule has 5 heteroatoms. The van der Waals surface area contributed by atoms with Gasteiger partial charge in [0, 0.05) is 23.8 Å². The van der Waals surface area contributed by atoms with Gasteiger partial charge in [-0.05, 0) is 44.9 Å². The van der Waals surface area contributed by atoms with Crippen LogP contribution in [0.15, 0.2) is 6.33 Å². The predicted molar refractivity (Wildman–Crippen MR) is 75.9 cm³/mol. The molecule has 0 bridgehead atoms. The van der Waals surface area contributed by atoms with Crippen molar-refractivity contribution in [1.82, 2.24) is 9.97 Å². The number of carboxylic acids is 1. The van der Waals surface area contributed by atoms with Crippen molar-refractivity contribution in [1.29, 1.82) is 0 Å². The third-order valence-electron chi connectivity index (χ3n) is 4.41. The van der Waals surface area contributed by atoms with E-state index in [0.29, 0.717) is 0 Å². The highest BCUT2D eigenvalue weighted by molar-refractivity contribution is 5.68. The maximum atomic E-state index is 11.1. The topological polar surface area (TPSA) is 66.3 Å². The summed E-state index contributed by atoms with van der Waals surface area (Å²) in [5.41, 5.74) is 2.43. The van der Waals surface area contributed by atoms with Crippen molar-refractivity contribution in [2.45, 2.75) is 57.4 Å². The van der Waals surface area contributed by atoms with Crippen molar-refractivity contribution < 1.29 is 9.90 Å². The van der Waals surface area contributed by atoms with Crippen LogP contribution in [0.4, 0.5) is 5.82 Å². The van der Waals surface area contributed by atoms with Gasteiger partial charge in [0.1, 0.15) is 12.1 Å². The molecule has 5 nitrogen and oxygen atoms in total. The number of aryl methyl sites for hydroxylation is 1. The Morgan fingerprint density at radius 3 is 2.95 bits per heavy atom. The van der Waals surface area contributed by atoms with E-state index >= 15 is 0 Å². The molecule has 0 saturated carbocycles. The lowest BCUT2D eigenvalue weighted by molar-refractivity contribution is -0.137. The molecule has 1 N–H and O–H groups in total. The van der Waals surface area contributed by atoms with E-state index < -0.39 is 5.97 Å². The number of hydrogen-bond donors (Lipinski definition) is 1. The smallest absolute Gasteiger partial charge is 0.305 e. The average Bonchev–Trinajstić information content (AvgIpc) is 2.47. The molecule has 1 aromatic heterocycles. The van der Waals surface area contributed by atoms with Crippen LogP contribution in [-0.4, -0.2) is 33.6 Å². The van der Waals surface area contributed by atoms with Crippen LogP contribution in [-0.2, 0) is 17.6 Å². The van der Waals surface area contributed by atoms with Crippen LogP contribution in [0, 0.1) is 0 Å². The zero-order chi connectivity index (χ0) is 13.9. The molecule has 20 heavy (non-hydrogen) atoms. The minimum atomic E-state index is -0.718. The van der Waals surface area contributed by atoms with Crippen molar-refractivity contribution in [3.63, 3.8) is 0 Å². The summed E-state index contributed by atoms with van der Waals surface area (Å²) in [7, 11) is 0. The number of fused-ring (bicyclic) bond motifs is 1. The Labute approximate surface area is 119 Å². The summed E-state index contributed by atoms with van der Waals surface area (Å²) >= 11 is 0. The minimum Gasteiger partial charge on any atom is -0.481 e. The Bertz CT molecular complexity index is 504. The van der Waals surface area contributed by atoms with Crippen molar-refractivity contribution in [3.05, 3.63) is 17.6 Å². The van der Waals surface area contributed by atoms with Crippen LogP contribution in [0.2, 0.25) is 0 Å². The second kappa shape index (κ2) is 5.77. The highest BCUT2D eigenvalue weighted by atomic mass is 16.4. The molecule has 0 aromatic carbocycles. The molecular weight excluding hydrogens is 254 g/mol. The van der Waals surface area contributed by atoms with Crippen LogP contribution < -0.4 is 4.90 Å². The molecule has 1 aliphatic carbocycles. The first kappa shape index (κ1) is 13.3. The summed E-state index contributed by atoms with van der Waals surface area (Å²) in [4.78, 5) is 22.2. The lowest BCUT2D eigenvalue weighted by Crippen LogP contribution is -2.42. The van der Waals surface area contributed by atoms with Crippen LogP contribution in [0.1, 0.15) is 49.8 Å². The van der Waals surface area contributed by atoms with Gasteiger partial charge in [-0.1, -0.05) is 0 Å². The fourth-order valence-electron chi connectivity index (χ4n) is 3.44. The van der Waals surface area contributed by atoms with Crippen LogP contribution >= 0.6 is 0 Å². The minimum absolute atomic E-state index is 0.0853. The van der Waals surface area contributed by atoms with E-state index in [2.05, 4.69) is 14.9 Å². The number of carbonyl (C=O) groups is 1. The maximum absolute atomic E-state index is 11.1. The van der Waals surface area contributed by atoms with Crippen LogP contribution in [0.25, 0.3) is 0 Å². The van der Waals surface area contributed by atoms with Gasteiger partial charge in [0.15, 0.2) is 0 Å². The van der Waals surface area contributed by atoms with Gasteiger partial charge in [-0.2, -0.15) is 0 Å². The molecule has 3 rings (SSSR count). The van der Waals surface area contributed by atoms with E-state index in [0.717, 1.165) is 44.5 Å². The van der Waals surface area contributed by atoms with Gasteiger partial charge in [-0.3, -0.25) is 4.79 Å². The molecule has 1 atom stereocenters. The van der Waals surface area contributed by atoms with Gasteiger partial charge in [0.25, 0.3) is 0 Å². The van der Waals surface area contributed by atoms with Crippen LogP contribution in [0.5, 0.6) is 0 Å². The quantitative estimate of drug-likeness (QED) is 0.916. The first-order chi connectivity index (χ1) is 9.75. The molecule has 1 aliphatic heterocycles. The number of carboxylic acid groups (broad SMARTS) is 1. The first-order valence-electron chi connectivity index (χ1n) is 7.57. The van der Waals surface area contributed by atoms with Gasteiger partial charge in [-0.15, -0.1) is 0 Å². The summed E-state index contributed by atoms with van der Waals surface area (Å²) in [6.07, 6.45) is 9.48. The lowest BCUT2D eigenvalue weighted by atomic mass is 9.94. The highest BCUT2D eigenvalue weighted by Crippen LogP contribution is 2.32. The Kier molecular flexibility index (Phi) is 3.85. The molecule has 0 amide bonds.